The van der Waals surface area contributed by atoms with Crippen molar-refractivity contribution in [3.8, 4) is 0 Å². The fourth-order valence-corrected chi connectivity index (χ4v) is 0.648. The van der Waals surface area contributed by atoms with Crippen LogP contribution in [0.3, 0.4) is 0 Å². The Morgan fingerprint density at radius 3 is 3.27 bits per heavy atom. The molecule has 5 nitrogen and oxygen atoms in total. The van der Waals surface area contributed by atoms with Gasteiger partial charge in [-0.25, -0.2) is 0 Å². The third-order valence-electron chi connectivity index (χ3n) is 1.26. The molecule has 5 heteroatoms. The summed E-state index contributed by atoms with van der Waals surface area (Å²) in [5, 5.41) is 9.47. The summed E-state index contributed by atoms with van der Waals surface area (Å²) in [6.07, 6.45) is 1.69. The molecule has 0 aromatic carbocycles. The van der Waals surface area contributed by atoms with Gasteiger partial charge in [0, 0.05) is 13.2 Å². The molecular weight excluding hydrogens is 142 g/mol. The second-order valence-electron chi connectivity index (χ2n) is 2.04. The van der Waals surface area contributed by atoms with Crippen molar-refractivity contribution in [3.63, 3.8) is 0 Å². The quantitative estimate of drug-likeness (QED) is 0.394. The fourth-order valence-electron chi connectivity index (χ4n) is 0.648. The Morgan fingerprint density at radius 2 is 2.73 bits per heavy atom. The van der Waals surface area contributed by atoms with Gasteiger partial charge in [0.2, 0.25) is 0 Å². The van der Waals surface area contributed by atoms with Crippen LogP contribution in [-0.2, 0) is 6.54 Å². The highest BCUT2D eigenvalue weighted by molar-refractivity contribution is 5.77. The zero-order chi connectivity index (χ0) is 8.10. The number of rotatable bonds is 2. The Labute approximate surface area is 64.7 Å². The molecular formula is C6H11N5. The van der Waals surface area contributed by atoms with Crippen molar-refractivity contribution in [2.75, 3.05) is 7.05 Å². The number of nitrogens with one attached hydrogen (secondary N) is 2. The number of nitrogens with zero attached hydrogens (tertiary/aromatic N) is 2. The molecule has 1 aromatic rings. The van der Waals surface area contributed by atoms with Crippen LogP contribution >= 0.6 is 0 Å². The predicted molar refractivity (Wildman–Crippen MR) is 43.0 cm³/mol. The monoisotopic (exact) mass is 153 g/mol. The van der Waals surface area contributed by atoms with E-state index in [1.54, 1.807) is 13.2 Å². The van der Waals surface area contributed by atoms with Crippen molar-refractivity contribution >= 4 is 5.96 Å². The van der Waals surface area contributed by atoms with Crippen LogP contribution in [0.5, 0.6) is 0 Å². The predicted octanol–water partition coefficient (Wildman–Crippen LogP) is -0.556. The van der Waals surface area contributed by atoms with Gasteiger partial charge in [0.25, 0.3) is 0 Å². The Hall–Kier alpha value is -1.52. The van der Waals surface area contributed by atoms with E-state index in [9.17, 15) is 0 Å². The molecule has 0 saturated carbocycles. The topological polar surface area (TPSA) is 79.1 Å². The molecule has 60 valence electrons. The van der Waals surface area contributed by atoms with E-state index in [0.29, 0.717) is 12.5 Å². The molecule has 0 unspecified atom stereocenters. The molecule has 0 bridgehead atoms. The first-order valence-corrected chi connectivity index (χ1v) is 3.27. The lowest BCUT2D eigenvalue weighted by molar-refractivity contribution is 0.849. The van der Waals surface area contributed by atoms with Crippen molar-refractivity contribution in [3.05, 3.63) is 18.0 Å². The zero-order valence-corrected chi connectivity index (χ0v) is 6.33. The second kappa shape index (κ2) is 3.60. The summed E-state index contributed by atoms with van der Waals surface area (Å²) >= 11 is 0. The van der Waals surface area contributed by atoms with Crippen LogP contribution in [0.4, 0.5) is 0 Å². The van der Waals surface area contributed by atoms with Gasteiger partial charge in [0.05, 0.1) is 12.2 Å². The molecule has 1 aromatic heterocycles. The summed E-state index contributed by atoms with van der Waals surface area (Å²) in [5.41, 5.74) is 6.38. The lowest BCUT2D eigenvalue weighted by Crippen LogP contribution is -2.30. The zero-order valence-electron chi connectivity index (χ0n) is 6.33. The molecule has 11 heavy (non-hydrogen) atoms. The highest BCUT2D eigenvalue weighted by Crippen LogP contribution is 1.88. The molecule has 4 N–H and O–H groups in total. The summed E-state index contributed by atoms with van der Waals surface area (Å²) in [4.78, 5) is 3.74. The molecule has 0 saturated heterocycles. The van der Waals surface area contributed by atoms with Gasteiger partial charge in [-0.1, -0.05) is 0 Å². The Bertz CT molecular complexity index is 225. The van der Waals surface area contributed by atoms with Gasteiger partial charge in [-0.05, 0) is 6.07 Å². The van der Waals surface area contributed by atoms with E-state index in [-0.39, 0.29) is 0 Å². The van der Waals surface area contributed by atoms with Crippen LogP contribution in [0, 0.1) is 0 Å². The van der Waals surface area contributed by atoms with E-state index in [1.807, 2.05) is 6.07 Å². The molecule has 0 amide bonds. The lowest BCUT2D eigenvalue weighted by atomic mass is 10.4. The maximum absolute atomic E-state index is 5.39. The number of aliphatic imine (C=N–C) groups is 1. The Kier molecular flexibility index (Phi) is 2.48. The maximum Gasteiger partial charge on any atom is 0.188 e. The second-order valence-corrected chi connectivity index (χ2v) is 2.04. The molecule has 0 aliphatic heterocycles. The molecule has 0 spiro atoms. The summed E-state index contributed by atoms with van der Waals surface area (Å²) in [5.74, 6) is 0.430. The van der Waals surface area contributed by atoms with Gasteiger partial charge in [-0.3, -0.25) is 10.1 Å². The van der Waals surface area contributed by atoms with Crippen LogP contribution in [0.2, 0.25) is 0 Å². The lowest BCUT2D eigenvalue weighted by Gasteiger charge is -2.00. The van der Waals surface area contributed by atoms with Crippen LogP contribution in [0.15, 0.2) is 17.3 Å². The van der Waals surface area contributed by atoms with E-state index in [4.69, 9.17) is 5.73 Å². The first-order valence-electron chi connectivity index (χ1n) is 3.27. The van der Waals surface area contributed by atoms with Gasteiger partial charge < -0.3 is 11.1 Å². The van der Waals surface area contributed by atoms with E-state index in [0.717, 1.165) is 5.69 Å². The molecule has 0 aliphatic rings. The number of aromatic nitrogens is 2. The average molecular weight is 153 g/mol. The van der Waals surface area contributed by atoms with Gasteiger partial charge in [0.15, 0.2) is 5.96 Å². The standard InChI is InChI=1S/C6H11N5/c1-8-6(7)9-4-5-2-3-10-11-5/h2-3H,4H2,1H3,(H,10,11)(H3,7,8,9). The summed E-state index contributed by atoms with van der Waals surface area (Å²) < 4.78 is 0. The average Bonchev–Trinajstić information content (AvgIpc) is 2.52. The molecule has 1 rings (SSSR count). The van der Waals surface area contributed by atoms with Gasteiger partial charge in [-0.15, -0.1) is 0 Å². The number of guanidine groups is 1. The van der Waals surface area contributed by atoms with Crippen LogP contribution in [0.25, 0.3) is 0 Å². The normalized spacial score (nSPS) is 11.5. The van der Waals surface area contributed by atoms with Crippen LogP contribution in [0.1, 0.15) is 5.69 Å². The molecule has 0 radical (unpaired) electrons. The highest BCUT2D eigenvalue weighted by atomic mass is 15.1. The first-order chi connectivity index (χ1) is 5.33. The summed E-state index contributed by atoms with van der Waals surface area (Å²) in [6.45, 7) is 0.628. The summed E-state index contributed by atoms with van der Waals surface area (Å²) in [6, 6.07) is 1.87. The van der Waals surface area contributed by atoms with E-state index >= 15 is 0 Å². The van der Waals surface area contributed by atoms with Crippen molar-refractivity contribution in [1.29, 1.82) is 0 Å². The fraction of sp³-hybridized carbons (Fsp3) is 0.333. The third-order valence-corrected chi connectivity index (χ3v) is 1.26. The van der Waals surface area contributed by atoms with Gasteiger partial charge in [0.1, 0.15) is 0 Å². The van der Waals surface area contributed by atoms with Crippen LogP contribution in [-0.4, -0.2) is 23.2 Å². The Morgan fingerprint density at radius 1 is 1.91 bits per heavy atom. The van der Waals surface area contributed by atoms with E-state index in [2.05, 4.69) is 20.5 Å². The van der Waals surface area contributed by atoms with Crippen molar-refractivity contribution in [1.82, 2.24) is 15.5 Å². The summed E-state index contributed by atoms with van der Waals surface area (Å²) in [7, 11) is 1.63. The molecule has 0 aliphatic carbocycles. The third kappa shape index (κ3) is 2.29. The number of H-pyrrole nitrogens is 1. The van der Waals surface area contributed by atoms with Gasteiger partial charge >= 0.3 is 0 Å². The molecule has 0 atom stereocenters. The number of aromatic amines is 1. The highest BCUT2D eigenvalue weighted by Gasteiger charge is 1.92. The van der Waals surface area contributed by atoms with Crippen molar-refractivity contribution < 1.29 is 0 Å². The van der Waals surface area contributed by atoms with Gasteiger partial charge in [-0.2, -0.15) is 5.10 Å². The number of hydrogen-bond donors (Lipinski definition) is 3. The number of hydrogen-bond acceptors (Lipinski definition) is 2. The molecule has 0 fully saturated rings. The maximum atomic E-state index is 5.39. The minimum atomic E-state index is 0.430. The van der Waals surface area contributed by atoms with E-state index in [1.165, 1.54) is 0 Å². The van der Waals surface area contributed by atoms with Crippen molar-refractivity contribution in [2.45, 2.75) is 6.54 Å². The Balaban J connectivity index is 2.35. The first kappa shape index (κ1) is 7.59. The SMILES string of the molecule is CN=C(N)NCc1ccn[nH]1. The largest absolute Gasteiger partial charge is 0.370 e. The van der Waals surface area contributed by atoms with E-state index < -0.39 is 0 Å². The minimum absolute atomic E-state index is 0.430. The minimum Gasteiger partial charge on any atom is -0.370 e. The number of nitrogens with two attached hydrogens (primary N) is 1. The van der Waals surface area contributed by atoms with Crippen molar-refractivity contribution in [2.24, 2.45) is 10.7 Å². The molecule has 1 heterocycles. The van der Waals surface area contributed by atoms with Crippen LogP contribution < -0.4 is 11.1 Å². The smallest absolute Gasteiger partial charge is 0.188 e.